The fourth-order valence-corrected chi connectivity index (χ4v) is 2.14. The highest BCUT2D eigenvalue weighted by atomic mass is 16.4. The average molecular weight is 292 g/mol. The molecule has 0 amide bonds. The van der Waals surface area contributed by atoms with Gasteiger partial charge in [0.15, 0.2) is 0 Å². The molecule has 0 fully saturated rings. The second-order valence-electron chi connectivity index (χ2n) is 4.71. The van der Waals surface area contributed by atoms with Gasteiger partial charge in [-0.1, -0.05) is 30.3 Å². The number of carboxylic acid groups (broad SMARTS) is 1. The molecule has 108 valence electrons. The van der Waals surface area contributed by atoms with Gasteiger partial charge in [0.2, 0.25) is 0 Å². The maximum absolute atomic E-state index is 11.0. The summed E-state index contributed by atoms with van der Waals surface area (Å²) in [6, 6.07) is 16.9. The van der Waals surface area contributed by atoms with Crippen LogP contribution in [-0.2, 0) is 0 Å². The van der Waals surface area contributed by atoms with Gasteiger partial charge in [0.05, 0.1) is 11.3 Å². The van der Waals surface area contributed by atoms with E-state index in [0.717, 1.165) is 0 Å². The number of phenolic OH excluding ortho intramolecular Hbond substituents is 1. The normalized spacial score (nSPS) is 11.1. The van der Waals surface area contributed by atoms with Gasteiger partial charge >= 0.3 is 5.97 Å². The molecule has 3 aromatic rings. The van der Waals surface area contributed by atoms with Crippen molar-refractivity contribution in [1.29, 1.82) is 0 Å². The van der Waals surface area contributed by atoms with E-state index in [4.69, 9.17) is 5.11 Å². The van der Waals surface area contributed by atoms with Crippen LogP contribution in [0.1, 0.15) is 10.4 Å². The maximum Gasteiger partial charge on any atom is 0.335 e. The molecular formula is C17H12N2O3. The third-order valence-electron chi connectivity index (χ3n) is 3.24. The Morgan fingerprint density at radius 2 is 1.68 bits per heavy atom. The Labute approximate surface area is 126 Å². The number of fused-ring (bicyclic) bond motifs is 1. The van der Waals surface area contributed by atoms with E-state index in [1.165, 1.54) is 12.1 Å². The smallest absolute Gasteiger partial charge is 0.335 e. The molecule has 5 heteroatoms. The maximum atomic E-state index is 11.0. The summed E-state index contributed by atoms with van der Waals surface area (Å²) in [4.78, 5) is 11.0. The molecule has 3 rings (SSSR count). The minimum atomic E-state index is -0.998. The number of carboxylic acids is 1. The van der Waals surface area contributed by atoms with Gasteiger partial charge in [-0.3, -0.25) is 0 Å². The second kappa shape index (κ2) is 5.65. The van der Waals surface area contributed by atoms with Gasteiger partial charge < -0.3 is 10.2 Å². The first-order valence-electron chi connectivity index (χ1n) is 6.61. The Bertz CT molecular complexity index is 874. The molecule has 0 saturated carbocycles. The van der Waals surface area contributed by atoms with Gasteiger partial charge in [-0.25, -0.2) is 4.79 Å². The largest absolute Gasteiger partial charge is 0.506 e. The van der Waals surface area contributed by atoms with Crippen LogP contribution in [0.25, 0.3) is 10.8 Å². The Balaban J connectivity index is 2.10. The van der Waals surface area contributed by atoms with Gasteiger partial charge in [0, 0.05) is 5.39 Å². The molecule has 0 radical (unpaired) electrons. The number of phenols is 1. The van der Waals surface area contributed by atoms with Crippen LogP contribution < -0.4 is 0 Å². The van der Waals surface area contributed by atoms with E-state index in [9.17, 15) is 9.90 Å². The Morgan fingerprint density at radius 1 is 0.909 bits per heavy atom. The van der Waals surface area contributed by atoms with Crippen LogP contribution in [0, 0.1) is 0 Å². The Morgan fingerprint density at radius 3 is 2.41 bits per heavy atom. The first kappa shape index (κ1) is 13.8. The number of hydrogen-bond donors (Lipinski definition) is 2. The van der Waals surface area contributed by atoms with Crippen molar-refractivity contribution in [1.82, 2.24) is 0 Å². The number of carbonyl (C=O) groups is 1. The van der Waals surface area contributed by atoms with Crippen molar-refractivity contribution < 1.29 is 15.0 Å². The minimum absolute atomic E-state index is 0.00439. The van der Waals surface area contributed by atoms with Gasteiger partial charge in [0.1, 0.15) is 11.4 Å². The van der Waals surface area contributed by atoms with Crippen LogP contribution in [0.2, 0.25) is 0 Å². The summed E-state index contributed by atoms with van der Waals surface area (Å²) in [6.45, 7) is 0. The highest BCUT2D eigenvalue weighted by Gasteiger charge is 2.09. The molecule has 3 aromatic carbocycles. The monoisotopic (exact) mass is 292 g/mol. The first-order valence-corrected chi connectivity index (χ1v) is 6.61. The number of azo groups is 1. The van der Waals surface area contributed by atoms with E-state index < -0.39 is 5.97 Å². The predicted molar refractivity (Wildman–Crippen MR) is 83.2 cm³/mol. The molecule has 0 unspecified atom stereocenters. The SMILES string of the molecule is O=C(O)c1ccc2c(N=Nc3ccccc3)c(O)ccc2c1. The summed E-state index contributed by atoms with van der Waals surface area (Å²) in [5.74, 6) is -1.00. The lowest BCUT2D eigenvalue weighted by atomic mass is 10.1. The van der Waals surface area contributed by atoms with Crippen molar-refractivity contribution in [3.63, 3.8) is 0 Å². The van der Waals surface area contributed by atoms with Crippen LogP contribution in [-0.4, -0.2) is 16.2 Å². The van der Waals surface area contributed by atoms with Crippen LogP contribution in [0.15, 0.2) is 70.9 Å². The molecule has 2 N–H and O–H groups in total. The molecule has 0 bridgehead atoms. The van der Waals surface area contributed by atoms with Gasteiger partial charge in [-0.2, -0.15) is 5.11 Å². The quantitative estimate of drug-likeness (QED) is 0.689. The van der Waals surface area contributed by atoms with Gasteiger partial charge in [-0.05, 0) is 35.7 Å². The third-order valence-corrected chi connectivity index (χ3v) is 3.24. The number of nitrogens with zero attached hydrogens (tertiary/aromatic N) is 2. The lowest BCUT2D eigenvalue weighted by Crippen LogP contribution is -1.95. The molecule has 0 saturated heterocycles. The summed E-state index contributed by atoms with van der Waals surface area (Å²) < 4.78 is 0. The molecule has 0 aromatic heterocycles. The zero-order valence-corrected chi connectivity index (χ0v) is 11.5. The molecule has 0 aliphatic heterocycles. The van der Waals surface area contributed by atoms with Gasteiger partial charge in [0.25, 0.3) is 0 Å². The molecule has 0 aliphatic rings. The molecule has 0 spiro atoms. The topological polar surface area (TPSA) is 82.2 Å². The van der Waals surface area contributed by atoms with Crippen molar-refractivity contribution in [2.45, 2.75) is 0 Å². The summed E-state index contributed by atoms with van der Waals surface area (Å²) in [7, 11) is 0. The Kier molecular flexibility index (Phi) is 3.53. The van der Waals surface area contributed by atoms with E-state index >= 15 is 0 Å². The van der Waals surface area contributed by atoms with E-state index in [2.05, 4.69) is 10.2 Å². The van der Waals surface area contributed by atoms with Crippen molar-refractivity contribution in [3.05, 3.63) is 66.2 Å². The third kappa shape index (κ3) is 2.64. The zero-order valence-electron chi connectivity index (χ0n) is 11.5. The summed E-state index contributed by atoms with van der Waals surface area (Å²) in [5, 5.41) is 28.5. The van der Waals surface area contributed by atoms with Crippen LogP contribution >= 0.6 is 0 Å². The van der Waals surface area contributed by atoms with Crippen LogP contribution in [0.3, 0.4) is 0 Å². The van der Waals surface area contributed by atoms with E-state index in [0.29, 0.717) is 22.1 Å². The van der Waals surface area contributed by atoms with Crippen molar-refractivity contribution in [2.75, 3.05) is 0 Å². The molecule has 0 heterocycles. The van der Waals surface area contributed by atoms with Crippen LogP contribution in [0.5, 0.6) is 5.75 Å². The summed E-state index contributed by atoms with van der Waals surface area (Å²) >= 11 is 0. The molecule has 22 heavy (non-hydrogen) atoms. The number of hydrogen-bond acceptors (Lipinski definition) is 4. The van der Waals surface area contributed by atoms with E-state index in [-0.39, 0.29) is 11.3 Å². The summed E-state index contributed by atoms with van der Waals surface area (Å²) in [6.07, 6.45) is 0. The minimum Gasteiger partial charge on any atom is -0.506 e. The fourth-order valence-electron chi connectivity index (χ4n) is 2.14. The fraction of sp³-hybridized carbons (Fsp3) is 0. The molecule has 5 nitrogen and oxygen atoms in total. The Hall–Kier alpha value is -3.21. The summed E-state index contributed by atoms with van der Waals surface area (Å²) in [5.41, 5.74) is 1.17. The van der Waals surface area contributed by atoms with E-state index in [1.807, 2.05) is 18.2 Å². The van der Waals surface area contributed by atoms with E-state index in [1.54, 1.807) is 30.3 Å². The van der Waals surface area contributed by atoms with Crippen molar-refractivity contribution >= 4 is 28.1 Å². The molecular weight excluding hydrogens is 280 g/mol. The second-order valence-corrected chi connectivity index (χ2v) is 4.71. The zero-order chi connectivity index (χ0) is 15.5. The molecule has 0 aliphatic carbocycles. The van der Waals surface area contributed by atoms with Crippen LogP contribution in [0.4, 0.5) is 11.4 Å². The number of benzene rings is 3. The predicted octanol–water partition coefficient (Wildman–Crippen LogP) is 4.66. The van der Waals surface area contributed by atoms with Crippen molar-refractivity contribution in [3.8, 4) is 5.75 Å². The lowest BCUT2D eigenvalue weighted by molar-refractivity contribution is 0.0697. The standard InChI is InChI=1S/C17H12N2O3/c20-15-9-7-11-10-12(17(21)22)6-8-14(11)16(15)19-18-13-4-2-1-3-5-13/h1-10,20H,(H,21,22). The van der Waals surface area contributed by atoms with Gasteiger partial charge in [-0.15, -0.1) is 5.11 Å². The highest BCUT2D eigenvalue weighted by Crippen LogP contribution is 2.36. The average Bonchev–Trinajstić information content (AvgIpc) is 2.54. The van der Waals surface area contributed by atoms with Crippen molar-refractivity contribution in [2.24, 2.45) is 10.2 Å². The number of aromatic carboxylic acids is 1. The number of rotatable bonds is 3. The molecule has 0 atom stereocenters. The highest BCUT2D eigenvalue weighted by molar-refractivity contribution is 6.00. The first-order chi connectivity index (χ1) is 10.6. The number of aromatic hydroxyl groups is 1. The lowest BCUT2D eigenvalue weighted by Gasteiger charge is -2.05.